The maximum atomic E-state index is 12.6. The number of nitrogens with two attached hydrogens (primary N) is 2. The zero-order chi connectivity index (χ0) is 28.4. The lowest BCUT2D eigenvalue weighted by molar-refractivity contribution is -0.135. The maximum absolute atomic E-state index is 12.6. The molecule has 1 heterocycles. The van der Waals surface area contributed by atoms with Crippen LogP contribution in [0.3, 0.4) is 0 Å². The van der Waals surface area contributed by atoms with Gasteiger partial charge in [0, 0.05) is 41.4 Å². The van der Waals surface area contributed by atoms with Crippen molar-refractivity contribution in [2.75, 3.05) is 24.5 Å². The first-order chi connectivity index (χ1) is 18.7. The fraction of sp³-hybridized carbons (Fsp3) is 0.207. The summed E-state index contributed by atoms with van der Waals surface area (Å²) < 4.78 is 0. The highest BCUT2D eigenvalue weighted by Gasteiger charge is 2.27. The number of urea groups is 1. The number of para-hydroxylation sites is 1. The van der Waals surface area contributed by atoms with Gasteiger partial charge in [-0.1, -0.05) is 60.7 Å². The van der Waals surface area contributed by atoms with Crippen LogP contribution in [0.4, 0.5) is 10.5 Å². The summed E-state index contributed by atoms with van der Waals surface area (Å²) >= 11 is 0. The van der Waals surface area contributed by atoms with E-state index in [1.165, 1.54) is 11.0 Å². The van der Waals surface area contributed by atoms with Crippen molar-refractivity contribution in [2.24, 2.45) is 17.4 Å². The Bertz CT molecular complexity index is 1320. The minimum atomic E-state index is -1.11. The van der Waals surface area contributed by atoms with Crippen LogP contribution in [-0.4, -0.2) is 59.2 Å². The van der Waals surface area contributed by atoms with Gasteiger partial charge in [-0.3, -0.25) is 24.7 Å². The SMILES string of the molecule is N=C(N)c1cccc(C(=O)N(CC(=O)O)c2ccccc2)c1.NC(=O)N1CCC(C(=O)c2ccccc2)CC1. The molecule has 3 aromatic carbocycles. The molecule has 0 spiro atoms. The molecule has 0 bridgehead atoms. The molecule has 4 rings (SSSR count). The summed E-state index contributed by atoms with van der Waals surface area (Å²) in [5.74, 6) is -1.53. The standard InChI is InChI=1S/C16H15N3O3.C13H16N2O2/c17-15(18)11-5-4-6-12(9-11)16(22)19(10-14(20)21)13-7-2-1-3-8-13;14-13(17)15-8-6-11(7-9-15)12(16)10-4-2-1-3-5-10/h1-9H,10H2,(H3,17,18)(H,20,21);1-5,11H,6-9H2,(H2,14,17). The Morgan fingerprint density at radius 3 is 1.90 bits per heavy atom. The molecular weight excluding hydrogens is 498 g/mol. The van der Waals surface area contributed by atoms with Crippen molar-refractivity contribution in [1.82, 2.24) is 4.90 Å². The molecule has 0 saturated carbocycles. The van der Waals surface area contributed by atoms with Gasteiger partial charge < -0.3 is 21.5 Å². The third-order valence-electron chi connectivity index (χ3n) is 6.26. The fourth-order valence-corrected chi connectivity index (χ4v) is 4.20. The smallest absolute Gasteiger partial charge is 0.323 e. The highest BCUT2D eigenvalue weighted by molar-refractivity contribution is 6.09. The van der Waals surface area contributed by atoms with Crippen LogP contribution in [0.2, 0.25) is 0 Å². The van der Waals surface area contributed by atoms with Gasteiger partial charge >= 0.3 is 12.0 Å². The Balaban J connectivity index is 0.000000223. The number of benzene rings is 3. The number of piperidine rings is 1. The molecule has 0 atom stereocenters. The molecular formula is C29H31N5O5. The molecule has 0 radical (unpaired) electrons. The number of hydrogen-bond acceptors (Lipinski definition) is 5. The van der Waals surface area contributed by atoms with Crippen LogP contribution in [-0.2, 0) is 4.79 Å². The van der Waals surface area contributed by atoms with Crippen LogP contribution < -0.4 is 16.4 Å². The lowest BCUT2D eigenvalue weighted by Crippen LogP contribution is -2.43. The molecule has 39 heavy (non-hydrogen) atoms. The summed E-state index contributed by atoms with van der Waals surface area (Å²) in [7, 11) is 0. The molecule has 0 unspecified atom stereocenters. The number of likely N-dealkylation sites (tertiary alicyclic amines) is 1. The van der Waals surface area contributed by atoms with Gasteiger partial charge in [0.2, 0.25) is 0 Å². The van der Waals surface area contributed by atoms with E-state index >= 15 is 0 Å². The van der Waals surface area contributed by atoms with Crippen LogP contribution in [0.1, 0.15) is 39.1 Å². The highest BCUT2D eigenvalue weighted by Crippen LogP contribution is 2.21. The number of carboxylic acids is 1. The Labute approximate surface area is 226 Å². The highest BCUT2D eigenvalue weighted by atomic mass is 16.4. The predicted molar refractivity (Wildman–Crippen MR) is 148 cm³/mol. The largest absolute Gasteiger partial charge is 0.480 e. The van der Waals surface area contributed by atoms with E-state index in [9.17, 15) is 19.2 Å². The van der Waals surface area contributed by atoms with E-state index in [4.69, 9.17) is 22.0 Å². The van der Waals surface area contributed by atoms with E-state index in [0.717, 1.165) is 5.56 Å². The molecule has 0 aliphatic carbocycles. The van der Waals surface area contributed by atoms with Gasteiger partial charge in [0.25, 0.3) is 5.91 Å². The third-order valence-corrected chi connectivity index (χ3v) is 6.26. The Hall–Kier alpha value is -4.99. The summed E-state index contributed by atoms with van der Waals surface area (Å²) in [5, 5.41) is 16.5. The molecule has 10 heteroatoms. The first-order valence-electron chi connectivity index (χ1n) is 12.3. The summed E-state index contributed by atoms with van der Waals surface area (Å²) in [5.41, 5.74) is 12.5. The number of rotatable bonds is 7. The van der Waals surface area contributed by atoms with Crippen molar-refractivity contribution in [3.63, 3.8) is 0 Å². The number of carbonyl (C=O) groups excluding carboxylic acids is 3. The Morgan fingerprint density at radius 1 is 0.821 bits per heavy atom. The number of aliphatic carboxylic acids is 1. The van der Waals surface area contributed by atoms with E-state index in [1.54, 1.807) is 53.4 Å². The third kappa shape index (κ3) is 8.00. The molecule has 1 aliphatic heterocycles. The first kappa shape index (κ1) is 28.6. The summed E-state index contributed by atoms with van der Waals surface area (Å²) in [4.78, 5) is 49.5. The van der Waals surface area contributed by atoms with E-state index in [0.29, 0.717) is 37.2 Å². The number of primary amides is 1. The van der Waals surface area contributed by atoms with Crippen LogP contribution >= 0.6 is 0 Å². The number of hydrogen-bond donors (Lipinski definition) is 4. The second-order valence-corrected chi connectivity index (χ2v) is 8.94. The number of amidine groups is 1. The van der Waals surface area contributed by atoms with Crippen molar-refractivity contribution < 1.29 is 24.3 Å². The van der Waals surface area contributed by atoms with Gasteiger partial charge in [-0.2, -0.15) is 0 Å². The molecule has 0 aromatic heterocycles. The normalized spacial score (nSPS) is 13.0. The Kier molecular flexibility index (Phi) is 9.91. The average molecular weight is 530 g/mol. The zero-order valence-corrected chi connectivity index (χ0v) is 21.3. The zero-order valence-electron chi connectivity index (χ0n) is 21.3. The van der Waals surface area contributed by atoms with E-state index in [2.05, 4.69) is 0 Å². The van der Waals surface area contributed by atoms with Crippen LogP contribution in [0.15, 0.2) is 84.9 Å². The number of ketones is 1. The number of anilines is 1. The molecule has 202 valence electrons. The van der Waals surface area contributed by atoms with Gasteiger partial charge in [-0.05, 0) is 37.1 Å². The molecule has 1 saturated heterocycles. The van der Waals surface area contributed by atoms with Gasteiger partial charge in [0.1, 0.15) is 12.4 Å². The second kappa shape index (κ2) is 13.5. The number of nitrogen functional groups attached to an aromatic ring is 1. The summed E-state index contributed by atoms with van der Waals surface area (Å²) in [6, 6.07) is 23.7. The van der Waals surface area contributed by atoms with E-state index in [-0.39, 0.29) is 23.1 Å². The molecule has 3 amide bonds. The quantitative estimate of drug-likeness (QED) is 0.208. The maximum Gasteiger partial charge on any atom is 0.323 e. The van der Waals surface area contributed by atoms with Crippen LogP contribution in [0.5, 0.6) is 0 Å². The molecule has 3 aromatic rings. The van der Waals surface area contributed by atoms with Gasteiger partial charge in [0.15, 0.2) is 5.78 Å². The number of carboxylic acid groups (broad SMARTS) is 1. The molecule has 1 aliphatic rings. The lowest BCUT2D eigenvalue weighted by Gasteiger charge is -2.29. The predicted octanol–water partition coefficient (Wildman–Crippen LogP) is 3.36. The van der Waals surface area contributed by atoms with Crippen molar-refractivity contribution in [1.29, 1.82) is 5.41 Å². The molecule has 1 fully saturated rings. The van der Waals surface area contributed by atoms with Crippen molar-refractivity contribution in [2.45, 2.75) is 12.8 Å². The van der Waals surface area contributed by atoms with Gasteiger partial charge in [0.05, 0.1) is 0 Å². The summed E-state index contributed by atoms with van der Waals surface area (Å²) in [6.45, 7) is 0.713. The number of Topliss-reactive ketones (excluding diaryl/α,β-unsaturated/α-hetero) is 1. The minimum absolute atomic E-state index is 0.0213. The van der Waals surface area contributed by atoms with Crippen molar-refractivity contribution in [3.05, 3.63) is 102 Å². The fourth-order valence-electron chi connectivity index (χ4n) is 4.20. The van der Waals surface area contributed by atoms with Crippen LogP contribution in [0.25, 0.3) is 0 Å². The second-order valence-electron chi connectivity index (χ2n) is 8.94. The van der Waals surface area contributed by atoms with E-state index in [1.807, 2.05) is 30.3 Å². The van der Waals surface area contributed by atoms with Gasteiger partial charge in [-0.15, -0.1) is 0 Å². The number of nitrogens with zero attached hydrogens (tertiary/aromatic N) is 2. The first-order valence-corrected chi connectivity index (χ1v) is 12.3. The minimum Gasteiger partial charge on any atom is -0.480 e. The molecule has 10 nitrogen and oxygen atoms in total. The van der Waals surface area contributed by atoms with Crippen molar-refractivity contribution in [3.8, 4) is 0 Å². The number of carbonyl (C=O) groups is 4. The van der Waals surface area contributed by atoms with E-state index < -0.39 is 24.5 Å². The van der Waals surface area contributed by atoms with Crippen LogP contribution in [0, 0.1) is 11.3 Å². The van der Waals surface area contributed by atoms with Crippen molar-refractivity contribution >= 4 is 35.2 Å². The number of amides is 3. The topological polar surface area (TPSA) is 171 Å². The monoisotopic (exact) mass is 529 g/mol. The Morgan fingerprint density at radius 2 is 1.36 bits per heavy atom. The lowest BCUT2D eigenvalue weighted by atomic mass is 9.89. The average Bonchev–Trinajstić information content (AvgIpc) is 2.96. The molecule has 6 N–H and O–H groups in total. The van der Waals surface area contributed by atoms with Gasteiger partial charge in [-0.25, -0.2) is 4.79 Å². The summed E-state index contributed by atoms with van der Waals surface area (Å²) in [6.07, 6.45) is 1.41. The number of nitrogens with one attached hydrogen (secondary N) is 1.